The van der Waals surface area contributed by atoms with Crippen LogP contribution in [0.1, 0.15) is 85.3 Å². The zero-order chi connectivity index (χ0) is 79.7. The van der Waals surface area contributed by atoms with E-state index < -0.39 is 205 Å². The summed E-state index contributed by atoms with van der Waals surface area (Å²) in [6.07, 6.45) is -16.3. The fraction of sp³-hybridized carbons (Fsp3) is 0.565. The smallest absolute Gasteiger partial charge is 0.475 e. The molecular weight excluding hydrogens is 1400 g/mol. The second kappa shape index (κ2) is 44.2. The molecule has 1 aliphatic rings. The van der Waals surface area contributed by atoms with E-state index in [1.165, 1.54) is 13.8 Å². The number of hydrogen-bond donors (Lipinski definition) is 21. The topological polar surface area (TPSA) is 609 Å². The Morgan fingerprint density at radius 2 is 1.06 bits per heavy atom. The van der Waals surface area contributed by atoms with Crippen LogP contribution in [-0.2, 0) is 80.0 Å². The number of nitrogens with one attached hydrogen (secondary N) is 11. The molecule has 1 aliphatic heterocycles. The Labute approximate surface area is 591 Å². The third-order valence-corrected chi connectivity index (χ3v) is 15.0. The molecule has 104 heavy (non-hydrogen) atoms. The Balaban J connectivity index is 0.00000348. The van der Waals surface area contributed by atoms with E-state index in [1.54, 1.807) is 88.4 Å². The van der Waals surface area contributed by atoms with Gasteiger partial charge in [-0.05, 0) is 61.5 Å². The van der Waals surface area contributed by atoms with Gasteiger partial charge in [-0.15, -0.1) is 0 Å². The fourth-order valence-electron chi connectivity index (χ4n) is 9.07. The number of aliphatic hydroxyl groups excluding tert-OH is 4. The molecule has 3 rings (SSSR count). The molecule has 0 bridgehead atoms. The second-order valence-electron chi connectivity index (χ2n) is 24.3. The van der Waals surface area contributed by atoms with Crippen molar-refractivity contribution in [1.82, 2.24) is 58.5 Å². The minimum absolute atomic E-state index is 0.0425. The highest BCUT2D eigenvalue weighted by molar-refractivity contribution is 6.00. The molecule has 1 heterocycles. The summed E-state index contributed by atoms with van der Waals surface area (Å²) in [7, 11) is 0. The van der Waals surface area contributed by atoms with E-state index in [4.69, 9.17) is 42.7 Å². The molecular formula is C62H92F6N16O20. The second-order valence-corrected chi connectivity index (χ2v) is 24.3. The minimum Gasteiger partial charge on any atom is -0.475 e. The van der Waals surface area contributed by atoms with Gasteiger partial charge in [0.1, 0.15) is 54.4 Å². The van der Waals surface area contributed by atoms with Gasteiger partial charge in [-0.3, -0.25) is 62.5 Å². The number of halogens is 6. The van der Waals surface area contributed by atoms with Crippen LogP contribution in [-0.4, -0.2) is 237 Å². The van der Waals surface area contributed by atoms with Crippen molar-refractivity contribution in [2.24, 2.45) is 45.7 Å². The fourth-order valence-corrected chi connectivity index (χ4v) is 9.07. The number of rotatable bonds is 22. The van der Waals surface area contributed by atoms with Crippen molar-refractivity contribution in [3.8, 4) is 0 Å². The summed E-state index contributed by atoms with van der Waals surface area (Å²) in [4.78, 5) is 190. The number of alkyl halides is 6. The number of hydrogen-bond acceptors (Lipinski definition) is 20. The maximum absolute atomic E-state index is 14.8. The maximum Gasteiger partial charge on any atom is 0.490 e. The van der Waals surface area contributed by atoms with Gasteiger partial charge in [0.05, 0.1) is 31.4 Å². The molecule has 0 aliphatic carbocycles. The predicted molar refractivity (Wildman–Crippen MR) is 353 cm³/mol. The molecule has 0 saturated carbocycles. The number of guanidine groups is 1. The van der Waals surface area contributed by atoms with Crippen molar-refractivity contribution in [3.05, 3.63) is 71.8 Å². The third-order valence-electron chi connectivity index (χ3n) is 15.0. The van der Waals surface area contributed by atoms with Gasteiger partial charge in [0, 0.05) is 19.5 Å². The standard InChI is InChI=1S/C58H90N16O16.2C2HF3O2/c1-8-30(6)41-55(88)73-42(31(7)76)54(87)65-26-40(77)71-44(46(79)47(60)80)57(90)70-39(27-75)49(82)64-25-38(69-52(85)37(24-33-18-13-10-14-19-33)67-48(81)34(59)23-32-16-11-9-12-17-32)53(86)74-43(45(78)29(4)5)56(89)68-36(22-28(2)3)51(84)66-35(50(83)72-41)20-15-21-63-58(61)62;2*3-2(4,5)1(6)7/h9-14,16-19,28-31,34-39,41-46,75-76,78-79H,8,15,20-27,59H2,1-7H3,(H2,60,80)(H,64,82)(H,65,87)(H,66,84)(H,67,81)(H,68,89)(H,69,85)(H,70,90)(H,71,77)(H,72,83)(H,73,88)(H,74,86)(H4,61,62,63);2*(H,6,7)/t30-,31-,34+,35+,36-,37-,38-,39-,41-,42-,43-,44-,45+,46-;;/m0../s1. The number of nitrogens with two attached hydrogens (primary N) is 4. The normalized spacial score (nSPS) is 22.0. The van der Waals surface area contributed by atoms with Gasteiger partial charge in [-0.1, -0.05) is 109 Å². The number of benzene rings is 2. The first-order chi connectivity index (χ1) is 48.3. The van der Waals surface area contributed by atoms with Gasteiger partial charge in [-0.2, -0.15) is 26.3 Å². The number of primary amides is 1. The van der Waals surface area contributed by atoms with E-state index in [2.05, 4.69) is 52.8 Å². The summed E-state index contributed by atoms with van der Waals surface area (Å²) in [5, 5.41) is 83.9. The van der Waals surface area contributed by atoms with E-state index in [-0.39, 0.29) is 56.9 Å². The molecule has 0 radical (unpaired) electrons. The lowest BCUT2D eigenvalue weighted by Gasteiger charge is -2.31. The molecule has 2 aromatic rings. The van der Waals surface area contributed by atoms with Crippen LogP contribution in [0.15, 0.2) is 65.7 Å². The first-order valence-corrected chi connectivity index (χ1v) is 32.0. The van der Waals surface area contributed by atoms with Gasteiger partial charge in [0.2, 0.25) is 70.9 Å². The van der Waals surface area contributed by atoms with Crippen molar-refractivity contribution in [2.45, 2.75) is 178 Å². The van der Waals surface area contributed by atoms with Crippen molar-refractivity contribution in [2.75, 3.05) is 26.2 Å². The van der Waals surface area contributed by atoms with Gasteiger partial charge >= 0.3 is 24.3 Å². The summed E-state index contributed by atoms with van der Waals surface area (Å²) in [6, 6.07) is -0.432. The first kappa shape index (κ1) is 91.7. The summed E-state index contributed by atoms with van der Waals surface area (Å²) >= 11 is 0. The summed E-state index contributed by atoms with van der Waals surface area (Å²) in [6.45, 7) is 7.41. The summed E-state index contributed by atoms with van der Waals surface area (Å²) < 4.78 is 63.5. The molecule has 582 valence electrons. The average molecular weight is 1500 g/mol. The van der Waals surface area contributed by atoms with Crippen LogP contribution in [0.2, 0.25) is 0 Å². The number of nitrogens with zero attached hydrogens (tertiary/aromatic N) is 1. The largest absolute Gasteiger partial charge is 0.490 e. The number of carboxylic acids is 2. The molecule has 2 aromatic carbocycles. The van der Waals surface area contributed by atoms with E-state index in [0.717, 1.165) is 6.92 Å². The molecule has 1 fully saturated rings. The Morgan fingerprint density at radius 3 is 1.53 bits per heavy atom. The lowest BCUT2D eigenvalue weighted by Crippen LogP contribution is -2.65. The number of aliphatic hydroxyl groups is 4. The number of carbonyl (C=O) groups excluding carboxylic acids is 12. The molecule has 0 spiro atoms. The van der Waals surface area contributed by atoms with E-state index in [0.29, 0.717) is 11.1 Å². The first-order valence-electron chi connectivity index (χ1n) is 32.0. The van der Waals surface area contributed by atoms with Gasteiger partial charge in [0.15, 0.2) is 12.1 Å². The predicted octanol–water partition coefficient (Wildman–Crippen LogP) is -5.94. The molecule has 36 nitrogen and oxygen atoms in total. The average Bonchev–Trinajstić information content (AvgIpc) is 0.797. The van der Waals surface area contributed by atoms with Gasteiger partial charge in [-0.25, -0.2) is 9.59 Å². The minimum atomic E-state index is -5.08. The van der Waals surface area contributed by atoms with Crippen LogP contribution >= 0.6 is 0 Å². The number of carbonyl (C=O) groups is 14. The van der Waals surface area contributed by atoms with E-state index in [9.17, 15) is 104 Å². The van der Waals surface area contributed by atoms with Crippen molar-refractivity contribution in [1.29, 1.82) is 0 Å². The molecule has 42 heteroatoms. The Hall–Kier alpha value is -10.3. The Kier molecular flexibility index (Phi) is 39.0. The van der Waals surface area contributed by atoms with E-state index in [1.807, 2.05) is 10.6 Å². The van der Waals surface area contributed by atoms with Crippen LogP contribution in [0.3, 0.4) is 0 Å². The Bertz CT molecular complexity index is 3240. The van der Waals surface area contributed by atoms with E-state index >= 15 is 0 Å². The highest BCUT2D eigenvalue weighted by Crippen LogP contribution is 2.17. The quantitative estimate of drug-likeness (QED) is 0.0226. The molecule has 12 amide bonds. The molecule has 14 atom stereocenters. The molecule has 0 unspecified atom stereocenters. The van der Waals surface area contributed by atoms with Crippen molar-refractivity contribution < 1.29 is 124 Å². The number of amides is 12. The van der Waals surface area contributed by atoms with Crippen molar-refractivity contribution >= 4 is 88.8 Å². The van der Waals surface area contributed by atoms with Crippen LogP contribution in [0.4, 0.5) is 26.3 Å². The molecule has 1 saturated heterocycles. The van der Waals surface area contributed by atoms with Gasteiger partial charge in [0.25, 0.3) is 0 Å². The van der Waals surface area contributed by atoms with Crippen LogP contribution in [0, 0.1) is 17.8 Å². The number of aliphatic carboxylic acids is 2. The zero-order valence-electron chi connectivity index (χ0n) is 57.5. The summed E-state index contributed by atoms with van der Waals surface area (Å²) in [5.41, 5.74) is 23.9. The zero-order valence-corrected chi connectivity index (χ0v) is 57.5. The lowest BCUT2D eigenvalue weighted by atomic mass is 9.96. The monoisotopic (exact) mass is 1490 g/mol. The van der Waals surface area contributed by atoms with Crippen LogP contribution < -0.4 is 81.4 Å². The highest BCUT2D eigenvalue weighted by atomic mass is 19.4. The van der Waals surface area contributed by atoms with Crippen LogP contribution in [0.5, 0.6) is 0 Å². The maximum atomic E-state index is 14.8. The lowest BCUT2D eigenvalue weighted by molar-refractivity contribution is -0.193. The van der Waals surface area contributed by atoms with Gasteiger partial charge < -0.3 is 112 Å². The summed E-state index contributed by atoms with van der Waals surface area (Å²) in [5.74, 6) is -21.9. The number of carboxylic acid groups (broad SMARTS) is 2. The number of aliphatic imine (C=N–C) groups is 1. The SMILES string of the molecule is CC[C@H](C)[C@@H]1NC(=O)[C@@H](CCCN=C(N)N)NC(=O)[C@H](CC(C)C)NC(=O)[C@H]([C@H](O)C(C)C)NC(=O)[C@@H](NC(=O)[C@H](Cc2ccccc2)NC(=O)[C@H](N)Cc2ccccc2)CNC(=O)[C@H](CO)NC(=O)[C@H]([C@H](O)C(N)=O)NC(=O)CNC(=O)[C@H]([C@H](C)O)NC1=O.O=C(O)C(F)(F)F.O=C(O)C(F)(F)F. The molecule has 0 aromatic heterocycles. The third kappa shape index (κ3) is 33.2. The highest BCUT2D eigenvalue weighted by Gasteiger charge is 2.42. The van der Waals surface area contributed by atoms with Crippen molar-refractivity contribution in [3.63, 3.8) is 0 Å². The Morgan fingerprint density at radius 1 is 0.587 bits per heavy atom. The molecule has 25 N–H and O–H groups in total. The van der Waals surface area contributed by atoms with Crippen LogP contribution in [0.25, 0.3) is 0 Å².